The molecular formula is C17H19BrN4O2. The zero-order chi connectivity index (χ0) is 17.1. The van der Waals surface area contributed by atoms with Crippen LogP contribution in [0.25, 0.3) is 5.69 Å². The van der Waals surface area contributed by atoms with Crippen LogP contribution in [0.4, 0.5) is 0 Å². The first-order valence-corrected chi connectivity index (χ1v) is 8.69. The number of aromatic nitrogens is 2. The van der Waals surface area contributed by atoms with Crippen molar-refractivity contribution in [2.45, 2.75) is 12.8 Å². The van der Waals surface area contributed by atoms with E-state index < -0.39 is 0 Å². The number of carbonyl (C=O) groups excluding carboxylic acids is 2. The molecule has 1 N–H and O–H groups in total. The summed E-state index contributed by atoms with van der Waals surface area (Å²) in [5.74, 6) is 0.0309. The average Bonchev–Trinajstić information content (AvgIpc) is 3.11. The van der Waals surface area contributed by atoms with Gasteiger partial charge in [0.05, 0.1) is 17.4 Å². The predicted octanol–water partition coefficient (Wildman–Crippen LogP) is 2.23. The van der Waals surface area contributed by atoms with Crippen molar-refractivity contribution in [1.29, 1.82) is 0 Å². The molecule has 126 valence electrons. The zero-order valence-electron chi connectivity index (χ0n) is 13.4. The first kappa shape index (κ1) is 16.7. The van der Waals surface area contributed by atoms with Gasteiger partial charge >= 0.3 is 0 Å². The monoisotopic (exact) mass is 390 g/mol. The fourth-order valence-corrected chi connectivity index (χ4v) is 3.16. The highest BCUT2D eigenvalue weighted by Gasteiger charge is 2.27. The van der Waals surface area contributed by atoms with E-state index in [2.05, 4.69) is 26.3 Å². The van der Waals surface area contributed by atoms with E-state index in [4.69, 9.17) is 0 Å². The van der Waals surface area contributed by atoms with Gasteiger partial charge in [0.1, 0.15) is 0 Å². The molecule has 1 saturated heterocycles. The Bertz CT molecular complexity index is 733. The standard InChI is InChI=1S/C17H19BrN4O2/c1-19-16(23)12-6-8-21(9-7-12)17(24)13-10-20-22(11-13)15-4-2-14(18)3-5-15/h2-5,10-12H,6-9H2,1H3,(H,19,23). The molecule has 6 nitrogen and oxygen atoms in total. The van der Waals surface area contributed by atoms with Gasteiger partial charge in [-0.15, -0.1) is 0 Å². The fourth-order valence-electron chi connectivity index (χ4n) is 2.90. The Morgan fingerprint density at radius 1 is 1.21 bits per heavy atom. The number of likely N-dealkylation sites (tertiary alicyclic amines) is 1. The van der Waals surface area contributed by atoms with Crippen LogP contribution in [-0.4, -0.2) is 46.6 Å². The predicted molar refractivity (Wildman–Crippen MR) is 94.0 cm³/mol. The Morgan fingerprint density at radius 2 is 1.88 bits per heavy atom. The van der Waals surface area contributed by atoms with Gasteiger partial charge < -0.3 is 10.2 Å². The maximum Gasteiger partial charge on any atom is 0.257 e. The summed E-state index contributed by atoms with van der Waals surface area (Å²) in [6.45, 7) is 1.20. The van der Waals surface area contributed by atoms with Gasteiger partial charge in [0.15, 0.2) is 0 Å². The summed E-state index contributed by atoms with van der Waals surface area (Å²) >= 11 is 3.40. The van der Waals surface area contributed by atoms with E-state index >= 15 is 0 Å². The third kappa shape index (κ3) is 3.51. The summed E-state index contributed by atoms with van der Waals surface area (Å²) in [7, 11) is 1.65. The Labute approximate surface area is 149 Å². The highest BCUT2D eigenvalue weighted by Crippen LogP contribution is 2.20. The molecule has 0 spiro atoms. The van der Waals surface area contributed by atoms with E-state index in [0.29, 0.717) is 31.5 Å². The molecule has 1 aromatic heterocycles. The molecule has 1 aliphatic rings. The Morgan fingerprint density at radius 3 is 2.50 bits per heavy atom. The van der Waals surface area contributed by atoms with Gasteiger partial charge in [0, 0.05) is 36.7 Å². The second kappa shape index (κ2) is 7.17. The van der Waals surface area contributed by atoms with Crippen LogP contribution in [-0.2, 0) is 4.79 Å². The molecule has 0 atom stereocenters. The van der Waals surface area contributed by atoms with Gasteiger partial charge in [0.25, 0.3) is 5.91 Å². The molecule has 0 saturated carbocycles. The van der Waals surface area contributed by atoms with Gasteiger partial charge in [-0.3, -0.25) is 9.59 Å². The summed E-state index contributed by atoms with van der Waals surface area (Å²) in [5, 5.41) is 6.96. The largest absolute Gasteiger partial charge is 0.359 e. The summed E-state index contributed by atoms with van der Waals surface area (Å²) in [6.07, 6.45) is 4.74. The fraction of sp³-hybridized carbons (Fsp3) is 0.353. The average molecular weight is 391 g/mol. The first-order valence-electron chi connectivity index (χ1n) is 7.90. The highest BCUT2D eigenvalue weighted by molar-refractivity contribution is 9.10. The molecule has 3 rings (SSSR count). The van der Waals surface area contributed by atoms with Crippen molar-refractivity contribution < 1.29 is 9.59 Å². The molecule has 0 bridgehead atoms. The molecule has 2 amide bonds. The summed E-state index contributed by atoms with van der Waals surface area (Å²) in [6, 6.07) is 7.73. The number of rotatable bonds is 3. The summed E-state index contributed by atoms with van der Waals surface area (Å²) < 4.78 is 2.69. The topological polar surface area (TPSA) is 67.2 Å². The van der Waals surface area contributed by atoms with Crippen molar-refractivity contribution in [3.63, 3.8) is 0 Å². The van der Waals surface area contributed by atoms with E-state index in [-0.39, 0.29) is 17.7 Å². The third-order valence-electron chi connectivity index (χ3n) is 4.32. The maximum absolute atomic E-state index is 12.6. The normalized spacial score (nSPS) is 15.3. The van der Waals surface area contributed by atoms with Crippen molar-refractivity contribution in [2.24, 2.45) is 5.92 Å². The number of nitrogens with one attached hydrogen (secondary N) is 1. The number of nitrogens with zero attached hydrogens (tertiary/aromatic N) is 3. The van der Waals surface area contributed by atoms with Gasteiger partial charge in [0.2, 0.25) is 5.91 Å². The number of carbonyl (C=O) groups is 2. The smallest absolute Gasteiger partial charge is 0.257 e. The lowest BCUT2D eigenvalue weighted by atomic mass is 9.95. The molecule has 1 aromatic carbocycles. The van der Waals surface area contributed by atoms with Crippen molar-refractivity contribution >= 4 is 27.7 Å². The minimum absolute atomic E-state index is 0.00420. The first-order chi connectivity index (χ1) is 11.6. The SMILES string of the molecule is CNC(=O)C1CCN(C(=O)c2cnn(-c3ccc(Br)cc3)c2)CC1. The van der Waals surface area contributed by atoms with E-state index in [9.17, 15) is 9.59 Å². The zero-order valence-corrected chi connectivity index (χ0v) is 15.0. The number of hydrogen-bond acceptors (Lipinski definition) is 3. The van der Waals surface area contributed by atoms with Crippen molar-refractivity contribution in [1.82, 2.24) is 20.0 Å². The highest BCUT2D eigenvalue weighted by atomic mass is 79.9. The van der Waals surface area contributed by atoms with Crippen LogP contribution in [0.1, 0.15) is 23.2 Å². The molecule has 24 heavy (non-hydrogen) atoms. The minimum Gasteiger partial charge on any atom is -0.359 e. The van der Waals surface area contributed by atoms with Gasteiger partial charge in [-0.05, 0) is 37.1 Å². The Balaban J connectivity index is 1.66. The van der Waals surface area contributed by atoms with E-state index in [1.807, 2.05) is 24.3 Å². The number of halogens is 1. The summed E-state index contributed by atoms with van der Waals surface area (Å²) in [4.78, 5) is 26.1. The second-order valence-corrected chi connectivity index (χ2v) is 6.75. The molecule has 0 unspecified atom stereocenters. The molecule has 1 fully saturated rings. The van der Waals surface area contributed by atoms with Crippen LogP contribution in [0.2, 0.25) is 0 Å². The molecule has 2 heterocycles. The van der Waals surface area contributed by atoms with Crippen LogP contribution >= 0.6 is 15.9 Å². The molecule has 0 aliphatic carbocycles. The number of amides is 2. The molecule has 0 radical (unpaired) electrons. The number of piperidine rings is 1. The molecule has 1 aliphatic heterocycles. The van der Waals surface area contributed by atoms with E-state index in [1.165, 1.54) is 0 Å². The molecule has 2 aromatic rings. The summed E-state index contributed by atoms with van der Waals surface area (Å²) in [5.41, 5.74) is 1.46. The quantitative estimate of drug-likeness (QED) is 0.873. The van der Waals surface area contributed by atoms with Gasteiger partial charge in [-0.1, -0.05) is 15.9 Å². The minimum atomic E-state index is -0.0336. The number of hydrogen-bond donors (Lipinski definition) is 1. The lowest BCUT2D eigenvalue weighted by Crippen LogP contribution is -2.42. The van der Waals surface area contributed by atoms with Gasteiger partial charge in [-0.2, -0.15) is 5.10 Å². The number of benzene rings is 1. The molecular weight excluding hydrogens is 372 g/mol. The van der Waals surface area contributed by atoms with Gasteiger partial charge in [-0.25, -0.2) is 4.68 Å². The van der Waals surface area contributed by atoms with E-state index in [1.54, 1.807) is 29.0 Å². The molecule has 7 heteroatoms. The van der Waals surface area contributed by atoms with Crippen molar-refractivity contribution in [3.8, 4) is 5.69 Å². The van der Waals surface area contributed by atoms with Crippen LogP contribution in [0.15, 0.2) is 41.1 Å². The van der Waals surface area contributed by atoms with Crippen LogP contribution in [0.3, 0.4) is 0 Å². The van der Waals surface area contributed by atoms with Crippen LogP contribution < -0.4 is 5.32 Å². The Kier molecular flexibility index (Phi) is 4.99. The lowest BCUT2D eigenvalue weighted by Gasteiger charge is -2.30. The van der Waals surface area contributed by atoms with Crippen molar-refractivity contribution in [3.05, 3.63) is 46.7 Å². The van der Waals surface area contributed by atoms with E-state index in [0.717, 1.165) is 10.2 Å². The second-order valence-electron chi connectivity index (χ2n) is 5.83. The van der Waals surface area contributed by atoms with Crippen LogP contribution in [0, 0.1) is 5.92 Å². The van der Waals surface area contributed by atoms with Crippen LogP contribution in [0.5, 0.6) is 0 Å². The Hall–Kier alpha value is -2.15. The lowest BCUT2D eigenvalue weighted by molar-refractivity contribution is -0.125. The maximum atomic E-state index is 12.6. The third-order valence-corrected chi connectivity index (χ3v) is 4.85. The van der Waals surface area contributed by atoms with Crippen molar-refractivity contribution in [2.75, 3.05) is 20.1 Å².